The van der Waals surface area contributed by atoms with Crippen LogP contribution in [0, 0.1) is 5.92 Å². The van der Waals surface area contributed by atoms with Crippen molar-refractivity contribution < 1.29 is 14.3 Å². The van der Waals surface area contributed by atoms with Gasteiger partial charge in [-0.05, 0) is 31.2 Å². The van der Waals surface area contributed by atoms with E-state index in [1.807, 2.05) is 6.92 Å². The second-order valence-electron chi connectivity index (χ2n) is 7.15. The highest BCUT2D eigenvalue weighted by molar-refractivity contribution is 6.80. The Kier molecular flexibility index (Phi) is 4.45. The van der Waals surface area contributed by atoms with Crippen molar-refractivity contribution in [2.75, 3.05) is 13.7 Å². The Morgan fingerprint density at radius 3 is 2.45 bits per heavy atom. The molecule has 0 aromatic heterocycles. The molecule has 0 amide bonds. The van der Waals surface area contributed by atoms with Crippen LogP contribution in [0.25, 0.3) is 0 Å². The van der Waals surface area contributed by atoms with E-state index in [4.69, 9.17) is 9.47 Å². The number of rotatable bonds is 6. The highest BCUT2D eigenvalue weighted by Crippen LogP contribution is 2.65. The van der Waals surface area contributed by atoms with Gasteiger partial charge in [-0.25, -0.2) is 0 Å². The van der Waals surface area contributed by atoms with E-state index in [2.05, 4.69) is 19.6 Å². The molecule has 2 unspecified atom stereocenters. The number of carbonyl (C=O) groups is 1. The lowest BCUT2D eigenvalue weighted by Crippen LogP contribution is -2.45. The first-order valence-electron chi connectivity index (χ1n) is 7.75. The zero-order valence-corrected chi connectivity index (χ0v) is 14.5. The summed E-state index contributed by atoms with van der Waals surface area (Å²) in [6.07, 6.45) is 6.01. The Morgan fingerprint density at radius 1 is 1.40 bits per heavy atom. The van der Waals surface area contributed by atoms with Crippen LogP contribution < -0.4 is 0 Å². The minimum Gasteiger partial charge on any atom is -0.498 e. The zero-order chi connectivity index (χ0) is 15.0. The number of allylic oxidation sites excluding steroid dienone is 2. The smallest absolute Gasteiger partial charge is 0.164 e. The molecular weight excluding hydrogens is 268 g/mol. The van der Waals surface area contributed by atoms with Crippen molar-refractivity contribution in [3.63, 3.8) is 0 Å². The van der Waals surface area contributed by atoms with Crippen LogP contribution in [0.3, 0.4) is 0 Å². The quantitative estimate of drug-likeness (QED) is 0.700. The molecule has 0 N–H and O–H groups in total. The van der Waals surface area contributed by atoms with Gasteiger partial charge in [0.1, 0.15) is 0 Å². The molecule has 0 heterocycles. The van der Waals surface area contributed by atoms with Crippen molar-refractivity contribution in [3.05, 3.63) is 11.8 Å². The lowest BCUT2D eigenvalue weighted by Gasteiger charge is -2.40. The third kappa shape index (κ3) is 2.73. The molecule has 2 aliphatic carbocycles. The van der Waals surface area contributed by atoms with Crippen LogP contribution in [0.15, 0.2) is 11.8 Å². The number of ether oxygens (including phenoxy) is 2. The molecule has 114 valence electrons. The molecule has 0 saturated heterocycles. The fourth-order valence-corrected chi connectivity index (χ4v) is 6.55. The number of ketones is 1. The van der Waals surface area contributed by atoms with Crippen molar-refractivity contribution in [2.24, 2.45) is 5.92 Å². The van der Waals surface area contributed by atoms with Gasteiger partial charge in [-0.1, -0.05) is 19.6 Å². The number of methoxy groups -OCH3 is 1. The standard InChI is InChI=1S/C16H28O3Si/c1-6-19-12-7-8-13(14(17)11-12)15(18-2)16(9-10-16)20(3,4)5/h11,13,15H,6-10H2,1-5H3. The normalized spacial score (nSPS) is 26.9. The largest absolute Gasteiger partial charge is 0.498 e. The van der Waals surface area contributed by atoms with Gasteiger partial charge >= 0.3 is 0 Å². The molecule has 1 fully saturated rings. The van der Waals surface area contributed by atoms with Crippen molar-refractivity contribution in [3.8, 4) is 0 Å². The van der Waals surface area contributed by atoms with Gasteiger partial charge < -0.3 is 9.47 Å². The van der Waals surface area contributed by atoms with Crippen LogP contribution in [0.5, 0.6) is 0 Å². The molecule has 2 atom stereocenters. The first kappa shape index (κ1) is 15.8. The Balaban J connectivity index is 2.17. The average molecular weight is 296 g/mol. The molecule has 4 heteroatoms. The first-order valence-corrected chi connectivity index (χ1v) is 11.3. The summed E-state index contributed by atoms with van der Waals surface area (Å²) in [5.41, 5.74) is 0. The van der Waals surface area contributed by atoms with Gasteiger partial charge in [0.05, 0.1) is 26.5 Å². The summed E-state index contributed by atoms with van der Waals surface area (Å²) in [6, 6.07) is 0. The van der Waals surface area contributed by atoms with Gasteiger partial charge in [-0.15, -0.1) is 0 Å². The summed E-state index contributed by atoms with van der Waals surface area (Å²) in [4.78, 5) is 12.5. The van der Waals surface area contributed by atoms with E-state index >= 15 is 0 Å². The summed E-state index contributed by atoms with van der Waals surface area (Å²) >= 11 is 0. The van der Waals surface area contributed by atoms with Gasteiger partial charge in [0, 0.05) is 25.5 Å². The van der Waals surface area contributed by atoms with Gasteiger partial charge in [0.2, 0.25) is 0 Å². The summed E-state index contributed by atoms with van der Waals surface area (Å²) < 4.78 is 11.3. The summed E-state index contributed by atoms with van der Waals surface area (Å²) in [5, 5.41) is 0.305. The second kappa shape index (κ2) is 5.64. The van der Waals surface area contributed by atoms with Crippen molar-refractivity contribution in [2.45, 2.75) is 63.4 Å². The molecule has 2 aliphatic rings. The minimum atomic E-state index is -1.33. The van der Waals surface area contributed by atoms with E-state index in [0.717, 1.165) is 18.6 Å². The molecule has 0 bridgehead atoms. The molecule has 3 nitrogen and oxygen atoms in total. The average Bonchev–Trinajstić information content (AvgIpc) is 3.14. The Morgan fingerprint density at radius 2 is 2.05 bits per heavy atom. The second-order valence-corrected chi connectivity index (χ2v) is 12.6. The molecular formula is C16H28O3Si. The topological polar surface area (TPSA) is 35.5 Å². The fourth-order valence-electron chi connectivity index (χ4n) is 3.75. The fraction of sp³-hybridized carbons (Fsp3) is 0.812. The molecule has 2 rings (SSSR count). The molecule has 0 spiro atoms. The molecule has 0 aromatic rings. The van der Waals surface area contributed by atoms with Gasteiger partial charge in [0.25, 0.3) is 0 Å². The summed E-state index contributed by atoms with van der Waals surface area (Å²) in [6.45, 7) is 9.80. The van der Waals surface area contributed by atoms with E-state index in [-0.39, 0.29) is 17.8 Å². The molecule has 20 heavy (non-hydrogen) atoms. The van der Waals surface area contributed by atoms with E-state index in [1.165, 1.54) is 12.8 Å². The monoisotopic (exact) mass is 296 g/mol. The Hall–Kier alpha value is -0.613. The van der Waals surface area contributed by atoms with Crippen molar-refractivity contribution in [1.29, 1.82) is 0 Å². The van der Waals surface area contributed by atoms with E-state index < -0.39 is 8.07 Å². The van der Waals surface area contributed by atoms with Crippen LogP contribution in [0.1, 0.15) is 32.6 Å². The molecule has 0 radical (unpaired) electrons. The molecule has 1 saturated carbocycles. The maximum Gasteiger partial charge on any atom is 0.164 e. The highest BCUT2D eigenvalue weighted by Gasteiger charge is 2.60. The van der Waals surface area contributed by atoms with Crippen LogP contribution in [-0.4, -0.2) is 33.7 Å². The maximum atomic E-state index is 12.5. The summed E-state index contributed by atoms with van der Waals surface area (Å²) in [7, 11) is 0.445. The van der Waals surface area contributed by atoms with Gasteiger partial charge in [0.15, 0.2) is 5.78 Å². The predicted octanol–water partition coefficient (Wildman–Crippen LogP) is 3.77. The van der Waals surface area contributed by atoms with Crippen LogP contribution >= 0.6 is 0 Å². The van der Waals surface area contributed by atoms with Crippen LogP contribution in [0.2, 0.25) is 24.7 Å². The van der Waals surface area contributed by atoms with E-state index in [1.54, 1.807) is 13.2 Å². The predicted molar refractivity (Wildman–Crippen MR) is 83.5 cm³/mol. The van der Waals surface area contributed by atoms with Crippen molar-refractivity contribution in [1.82, 2.24) is 0 Å². The zero-order valence-electron chi connectivity index (χ0n) is 13.5. The number of hydrogen-bond acceptors (Lipinski definition) is 3. The minimum absolute atomic E-state index is 0.0263. The lowest BCUT2D eigenvalue weighted by atomic mass is 9.85. The molecule has 0 aromatic carbocycles. The van der Waals surface area contributed by atoms with E-state index in [9.17, 15) is 4.79 Å². The maximum absolute atomic E-state index is 12.5. The van der Waals surface area contributed by atoms with Crippen LogP contribution in [0.4, 0.5) is 0 Å². The van der Waals surface area contributed by atoms with Gasteiger partial charge in [-0.3, -0.25) is 4.79 Å². The Labute approximate surface area is 123 Å². The number of hydrogen-bond donors (Lipinski definition) is 0. The van der Waals surface area contributed by atoms with Gasteiger partial charge in [-0.2, -0.15) is 0 Å². The lowest BCUT2D eigenvalue weighted by molar-refractivity contribution is -0.124. The highest BCUT2D eigenvalue weighted by atomic mass is 28.3. The SMILES string of the molecule is CCOC1=CC(=O)C(C(OC)C2([Si](C)(C)C)CC2)CC1. The summed E-state index contributed by atoms with van der Waals surface area (Å²) in [5.74, 6) is 1.08. The van der Waals surface area contributed by atoms with E-state index in [0.29, 0.717) is 11.6 Å². The van der Waals surface area contributed by atoms with Crippen molar-refractivity contribution >= 4 is 13.9 Å². The molecule has 0 aliphatic heterocycles. The van der Waals surface area contributed by atoms with Crippen LogP contribution in [-0.2, 0) is 14.3 Å². The third-order valence-electron chi connectivity index (χ3n) is 5.15. The third-order valence-corrected chi connectivity index (χ3v) is 8.92. The first-order chi connectivity index (χ1) is 9.35. The number of carbonyl (C=O) groups excluding carboxylic acids is 1. The Bertz CT molecular complexity index is 404.